The van der Waals surface area contributed by atoms with Crippen molar-refractivity contribution >= 4 is 21.9 Å². The van der Waals surface area contributed by atoms with Gasteiger partial charge in [-0.25, -0.2) is 9.18 Å². The first-order valence-corrected chi connectivity index (χ1v) is 6.32. The number of rotatable bonds is 6. The zero-order valence-electron chi connectivity index (χ0n) is 9.95. The van der Waals surface area contributed by atoms with Crippen LogP contribution in [0.3, 0.4) is 0 Å². The second-order valence-electron chi connectivity index (χ2n) is 4.04. The first-order chi connectivity index (χ1) is 8.41. The molecule has 4 nitrogen and oxygen atoms in total. The Kier molecular flexibility index (Phi) is 5.55. The van der Waals surface area contributed by atoms with E-state index in [4.69, 9.17) is 15.6 Å². The van der Waals surface area contributed by atoms with Gasteiger partial charge in [-0.15, -0.1) is 0 Å². The summed E-state index contributed by atoms with van der Waals surface area (Å²) in [5, 5.41) is 8.98. The molecule has 1 aromatic carbocycles. The first-order valence-electron chi connectivity index (χ1n) is 5.52. The smallest absolute Gasteiger partial charge is 0.339 e. The van der Waals surface area contributed by atoms with Crippen LogP contribution in [-0.4, -0.2) is 23.7 Å². The Balaban J connectivity index is 2.74. The number of hydrogen-bond donors (Lipinski definition) is 2. The van der Waals surface area contributed by atoms with Crippen molar-refractivity contribution in [3.8, 4) is 5.75 Å². The molecule has 6 heteroatoms. The monoisotopic (exact) mass is 319 g/mol. The van der Waals surface area contributed by atoms with Crippen LogP contribution in [0.1, 0.15) is 30.1 Å². The standard InChI is InChI=1S/C12H15BrFNO3/c1-7(15)3-2-4-18-11-6-10(14)9(13)5-8(11)12(16)17/h5-7H,2-4,15H2,1H3,(H,16,17). The molecule has 0 aromatic heterocycles. The number of carboxylic acids is 1. The average molecular weight is 320 g/mol. The van der Waals surface area contributed by atoms with Gasteiger partial charge in [0.15, 0.2) is 0 Å². The summed E-state index contributed by atoms with van der Waals surface area (Å²) in [6, 6.07) is 2.33. The minimum atomic E-state index is -1.15. The fraction of sp³-hybridized carbons (Fsp3) is 0.417. The van der Waals surface area contributed by atoms with Gasteiger partial charge in [-0.1, -0.05) is 0 Å². The molecule has 1 atom stereocenters. The van der Waals surface area contributed by atoms with Crippen molar-refractivity contribution in [2.24, 2.45) is 5.73 Å². The summed E-state index contributed by atoms with van der Waals surface area (Å²) in [5.41, 5.74) is 5.51. The summed E-state index contributed by atoms with van der Waals surface area (Å²) in [5.74, 6) is -1.67. The highest BCUT2D eigenvalue weighted by molar-refractivity contribution is 9.10. The topological polar surface area (TPSA) is 72.5 Å². The fourth-order valence-corrected chi connectivity index (χ4v) is 1.75. The SMILES string of the molecule is CC(N)CCCOc1cc(F)c(Br)cc1C(=O)O. The molecule has 0 aliphatic carbocycles. The second-order valence-corrected chi connectivity index (χ2v) is 4.89. The Morgan fingerprint density at radius 1 is 1.61 bits per heavy atom. The lowest BCUT2D eigenvalue weighted by Crippen LogP contribution is -2.16. The maximum absolute atomic E-state index is 13.3. The Hall–Kier alpha value is -1.14. The zero-order chi connectivity index (χ0) is 13.7. The fourth-order valence-electron chi connectivity index (χ4n) is 1.40. The molecule has 0 bridgehead atoms. The third-order valence-corrected chi connectivity index (χ3v) is 2.92. The van der Waals surface area contributed by atoms with E-state index in [9.17, 15) is 9.18 Å². The maximum Gasteiger partial charge on any atom is 0.339 e. The molecule has 18 heavy (non-hydrogen) atoms. The van der Waals surface area contributed by atoms with Gasteiger partial charge in [0.1, 0.15) is 17.1 Å². The highest BCUT2D eigenvalue weighted by atomic mass is 79.9. The van der Waals surface area contributed by atoms with Gasteiger partial charge >= 0.3 is 5.97 Å². The van der Waals surface area contributed by atoms with Crippen molar-refractivity contribution in [3.63, 3.8) is 0 Å². The van der Waals surface area contributed by atoms with E-state index in [0.717, 1.165) is 12.5 Å². The van der Waals surface area contributed by atoms with Crippen LogP contribution in [0.5, 0.6) is 5.75 Å². The number of carbonyl (C=O) groups is 1. The molecule has 0 saturated carbocycles. The predicted octanol–water partition coefficient (Wildman–Crippen LogP) is 2.79. The van der Waals surface area contributed by atoms with Gasteiger partial charge in [0.05, 0.1) is 11.1 Å². The van der Waals surface area contributed by atoms with Gasteiger partial charge in [-0.2, -0.15) is 0 Å². The average Bonchev–Trinajstić information content (AvgIpc) is 2.28. The van der Waals surface area contributed by atoms with Gasteiger partial charge < -0.3 is 15.6 Å². The van der Waals surface area contributed by atoms with E-state index >= 15 is 0 Å². The lowest BCUT2D eigenvalue weighted by molar-refractivity contribution is 0.0692. The van der Waals surface area contributed by atoms with E-state index in [0.29, 0.717) is 13.0 Å². The van der Waals surface area contributed by atoms with Gasteiger partial charge in [0.2, 0.25) is 0 Å². The van der Waals surface area contributed by atoms with Crippen LogP contribution < -0.4 is 10.5 Å². The highest BCUT2D eigenvalue weighted by Gasteiger charge is 2.15. The lowest BCUT2D eigenvalue weighted by atomic mass is 10.2. The Bertz CT molecular complexity index is 438. The van der Waals surface area contributed by atoms with Crippen LogP contribution in [0.4, 0.5) is 4.39 Å². The van der Waals surface area contributed by atoms with Crippen molar-refractivity contribution < 1.29 is 19.0 Å². The van der Waals surface area contributed by atoms with E-state index < -0.39 is 11.8 Å². The quantitative estimate of drug-likeness (QED) is 0.791. The van der Waals surface area contributed by atoms with Crippen molar-refractivity contribution in [2.45, 2.75) is 25.8 Å². The summed E-state index contributed by atoms with van der Waals surface area (Å²) in [4.78, 5) is 11.0. The molecule has 1 rings (SSSR count). The van der Waals surface area contributed by atoms with Crippen LogP contribution in [0, 0.1) is 5.82 Å². The summed E-state index contributed by atoms with van der Waals surface area (Å²) >= 11 is 2.94. The molecule has 1 aromatic rings. The number of carboxylic acid groups (broad SMARTS) is 1. The number of halogens is 2. The van der Waals surface area contributed by atoms with Crippen LogP contribution in [0.2, 0.25) is 0 Å². The van der Waals surface area contributed by atoms with Crippen LogP contribution in [-0.2, 0) is 0 Å². The number of hydrogen-bond acceptors (Lipinski definition) is 3. The highest BCUT2D eigenvalue weighted by Crippen LogP contribution is 2.26. The molecular weight excluding hydrogens is 305 g/mol. The molecule has 0 aliphatic heterocycles. The van der Waals surface area contributed by atoms with E-state index in [1.165, 1.54) is 6.07 Å². The molecule has 0 heterocycles. The molecule has 0 saturated heterocycles. The second kappa shape index (κ2) is 6.70. The molecule has 0 spiro atoms. The van der Waals surface area contributed by atoms with E-state index in [1.807, 2.05) is 6.92 Å². The normalized spacial score (nSPS) is 12.2. The van der Waals surface area contributed by atoms with E-state index in [2.05, 4.69) is 15.9 Å². The summed E-state index contributed by atoms with van der Waals surface area (Å²) in [7, 11) is 0. The summed E-state index contributed by atoms with van der Waals surface area (Å²) in [6.45, 7) is 2.19. The van der Waals surface area contributed by atoms with Crippen molar-refractivity contribution in [2.75, 3.05) is 6.61 Å². The molecule has 100 valence electrons. The summed E-state index contributed by atoms with van der Waals surface area (Å²) in [6.07, 6.45) is 1.45. The minimum Gasteiger partial charge on any atom is -0.493 e. The van der Waals surface area contributed by atoms with Crippen molar-refractivity contribution in [1.29, 1.82) is 0 Å². The third kappa shape index (κ3) is 4.27. The Morgan fingerprint density at radius 3 is 2.83 bits per heavy atom. The molecule has 0 aliphatic rings. The summed E-state index contributed by atoms with van der Waals surface area (Å²) < 4.78 is 18.7. The molecule has 0 radical (unpaired) electrons. The number of benzene rings is 1. The number of nitrogens with two attached hydrogens (primary N) is 1. The molecule has 3 N–H and O–H groups in total. The van der Waals surface area contributed by atoms with Gasteiger partial charge in [-0.05, 0) is 41.8 Å². The molecule has 0 fully saturated rings. The van der Waals surface area contributed by atoms with Gasteiger partial charge in [0, 0.05) is 12.1 Å². The minimum absolute atomic E-state index is 0.0351. The van der Waals surface area contributed by atoms with Crippen LogP contribution in [0.25, 0.3) is 0 Å². The molecular formula is C12H15BrFNO3. The molecule has 1 unspecified atom stereocenters. The number of aromatic carboxylic acids is 1. The number of ether oxygens (including phenoxy) is 1. The van der Waals surface area contributed by atoms with Gasteiger partial charge in [-0.3, -0.25) is 0 Å². The van der Waals surface area contributed by atoms with Crippen LogP contribution >= 0.6 is 15.9 Å². The Morgan fingerprint density at radius 2 is 2.28 bits per heavy atom. The third-order valence-electron chi connectivity index (χ3n) is 2.31. The van der Waals surface area contributed by atoms with E-state index in [1.54, 1.807) is 0 Å². The largest absolute Gasteiger partial charge is 0.493 e. The maximum atomic E-state index is 13.3. The van der Waals surface area contributed by atoms with Crippen molar-refractivity contribution in [1.82, 2.24) is 0 Å². The van der Waals surface area contributed by atoms with Crippen molar-refractivity contribution in [3.05, 3.63) is 28.0 Å². The Labute approximate surface area is 113 Å². The first kappa shape index (κ1) is 14.9. The van der Waals surface area contributed by atoms with E-state index in [-0.39, 0.29) is 21.8 Å². The van der Waals surface area contributed by atoms with Crippen LogP contribution in [0.15, 0.2) is 16.6 Å². The van der Waals surface area contributed by atoms with Gasteiger partial charge in [0.25, 0.3) is 0 Å². The predicted molar refractivity (Wildman–Crippen MR) is 69.4 cm³/mol. The molecule has 0 amide bonds. The zero-order valence-corrected chi connectivity index (χ0v) is 11.5. The lowest BCUT2D eigenvalue weighted by Gasteiger charge is -2.11.